The molecule has 0 bridgehead atoms. The molecule has 0 saturated carbocycles. The van der Waals surface area contributed by atoms with Gasteiger partial charge in [0.2, 0.25) is 0 Å². The Morgan fingerprint density at radius 1 is 1.24 bits per heavy atom. The van der Waals surface area contributed by atoms with Crippen LogP contribution in [0.15, 0.2) is 48.8 Å². The second kappa shape index (κ2) is 5.10. The Balaban J connectivity index is 2.23. The standard InChI is InChI=1S/C13H10BrNO2/c14-12(10-2-1-7-15-8-10)13(17)9-3-5-11(16)6-4-9/h1-8,12,16H. The number of carbonyl (C=O) groups is 1. The summed E-state index contributed by atoms with van der Waals surface area (Å²) in [6.07, 6.45) is 3.31. The highest BCUT2D eigenvalue weighted by molar-refractivity contribution is 9.09. The lowest BCUT2D eigenvalue weighted by atomic mass is 10.0. The van der Waals surface area contributed by atoms with Crippen molar-refractivity contribution in [3.05, 3.63) is 59.9 Å². The molecular formula is C13H10BrNO2. The van der Waals surface area contributed by atoms with Crippen molar-refractivity contribution in [3.63, 3.8) is 0 Å². The zero-order valence-electron chi connectivity index (χ0n) is 8.88. The van der Waals surface area contributed by atoms with Gasteiger partial charge in [-0.1, -0.05) is 22.0 Å². The minimum absolute atomic E-state index is 0.0574. The van der Waals surface area contributed by atoms with Crippen LogP contribution < -0.4 is 0 Å². The number of alkyl halides is 1. The van der Waals surface area contributed by atoms with Gasteiger partial charge in [0.15, 0.2) is 5.78 Å². The minimum Gasteiger partial charge on any atom is -0.508 e. The predicted molar refractivity (Wildman–Crippen MR) is 68.3 cm³/mol. The van der Waals surface area contributed by atoms with Crippen molar-refractivity contribution in [1.82, 2.24) is 4.98 Å². The highest BCUT2D eigenvalue weighted by Crippen LogP contribution is 2.26. The zero-order chi connectivity index (χ0) is 12.3. The van der Waals surface area contributed by atoms with E-state index in [1.807, 2.05) is 6.07 Å². The first-order valence-corrected chi connectivity index (χ1v) is 5.97. The number of benzene rings is 1. The Morgan fingerprint density at radius 2 is 1.94 bits per heavy atom. The number of ketones is 1. The fourth-order valence-electron chi connectivity index (χ4n) is 1.45. The molecule has 0 fully saturated rings. The molecule has 0 spiro atoms. The topological polar surface area (TPSA) is 50.2 Å². The molecule has 1 atom stereocenters. The summed E-state index contributed by atoms with van der Waals surface area (Å²) in [4.78, 5) is 15.7. The molecule has 1 heterocycles. The highest BCUT2D eigenvalue weighted by Gasteiger charge is 2.18. The number of rotatable bonds is 3. The van der Waals surface area contributed by atoms with Crippen LogP contribution in [0.1, 0.15) is 20.7 Å². The zero-order valence-corrected chi connectivity index (χ0v) is 10.5. The predicted octanol–water partition coefficient (Wildman–Crippen LogP) is 3.11. The van der Waals surface area contributed by atoms with E-state index < -0.39 is 4.83 Å². The van der Waals surface area contributed by atoms with E-state index in [-0.39, 0.29) is 11.5 Å². The maximum absolute atomic E-state index is 12.1. The Labute approximate surface area is 107 Å². The van der Waals surface area contributed by atoms with Crippen LogP contribution in [0.5, 0.6) is 5.75 Å². The summed E-state index contributed by atoms with van der Waals surface area (Å²) in [5, 5.41) is 9.16. The van der Waals surface area contributed by atoms with Gasteiger partial charge in [-0.15, -0.1) is 0 Å². The van der Waals surface area contributed by atoms with E-state index >= 15 is 0 Å². The molecule has 4 heteroatoms. The average Bonchev–Trinajstić information content (AvgIpc) is 2.39. The van der Waals surface area contributed by atoms with Gasteiger partial charge in [-0.05, 0) is 35.9 Å². The van der Waals surface area contributed by atoms with Crippen LogP contribution in [-0.2, 0) is 0 Å². The summed E-state index contributed by atoms with van der Waals surface area (Å²) in [7, 11) is 0. The molecule has 2 rings (SSSR count). The SMILES string of the molecule is O=C(c1ccc(O)cc1)C(Br)c1cccnc1. The summed E-state index contributed by atoms with van der Waals surface area (Å²) >= 11 is 3.35. The minimum atomic E-state index is -0.416. The Morgan fingerprint density at radius 3 is 2.53 bits per heavy atom. The van der Waals surface area contributed by atoms with E-state index in [9.17, 15) is 4.79 Å². The number of aromatic nitrogens is 1. The summed E-state index contributed by atoms with van der Waals surface area (Å²) in [5.41, 5.74) is 1.36. The molecule has 1 unspecified atom stereocenters. The summed E-state index contributed by atoms with van der Waals surface area (Å²) in [5.74, 6) is 0.0899. The van der Waals surface area contributed by atoms with Gasteiger partial charge in [0.25, 0.3) is 0 Å². The molecule has 0 amide bonds. The molecule has 1 aromatic heterocycles. The average molecular weight is 292 g/mol. The van der Waals surface area contributed by atoms with Crippen molar-refractivity contribution in [1.29, 1.82) is 0 Å². The second-order valence-corrected chi connectivity index (χ2v) is 4.48. The number of phenolic OH excluding ortho intramolecular Hbond substituents is 1. The number of carbonyl (C=O) groups excluding carboxylic acids is 1. The molecule has 0 aliphatic heterocycles. The van der Waals surface area contributed by atoms with Crippen LogP contribution in [0, 0.1) is 0 Å². The van der Waals surface area contributed by atoms with E-state index in [4.69, 9.17) is 5.11 Å². The fraction of sp³-hybridized carbons (Fsp3) is 0.0769. The molecule has 1 aromatic carbocycles. The van der Waals surface area contributed by atoms with E-state index in [0.29, 0.717) is 5.56 Å². The van der Waals surface area contributed by atoms with Gasteiger partial charge in [-0.25, -0.2) is 0 Å². The quantitative estimate of drug-likeness (QED) is 0.698. The number of pyridine rings is 1. The molecule has 86 valence electrons. The fourth-order valence-corrected chi connectivity index (χ4v) is 1.98. The first kappa shape index (κ1) is 11.8. The normalized spacial score (nSPS) is 12.1. The maximum atomic E-state index is 12.1. The third-order valence-corrected chi connectivity index (χ3v) is 3.30. The summed E-state index contributed by atoms with van der Waals surface area (Å²) in [6.45, 7) is 0. The Bertz CT molecular complexity index is 511. The molecule has 1 N–H and O–H groups in total. The van der Waals surface area contributed by atoms with Crippen molar-refractivity contribution >= 4 is 21.7 Å². The van der Waals surface area contributed by atoms with Crippen LogP contribution in [0.2, 0.25) is 0 Å². The van der Waals surface area contributed by atoms with Crippen LogP contribution in [0.3, 0.4) is 0 Å². The number of hydrogen-bond donors (Lipinski definition) is 1. The van der Waals surface area contributed by atoms with E-state index in [2.05, 4.69) is 20.9 Å². The van der Waals surface area contributed by atoms with Gasteiger partial charge < -0.3 is 5.11 Å². The second-order valence-electron chi connectivity index (χ2n) is 3.56. The Hall–Kier alpha value is -1.68. The van der Waals surface area contributed by atoms with E-state index in [1.165, 1.54) is 12.1 Å². The third kappa shape index (κ3) is 2.71. The monoisotopic (exact) mass is 291 g/mol. The molecule has 17 heavy (non-hydrogen) atoms. The smallest absolute Gasteiger partial charge is 0.180 e. The molecule has 0 radical (unpaired) electrons. The van der Waals surface area contributed by atoms with Gasteiger partial charge in [0, 0.05) is 18.0 Å². The largest absolute Gasteiger partial charge is 0.508 e. The lowest BCUT2D eigenvalue weighted by Gasteiger charge is -2.08. The molecule has 0 saturated heterocycles. The molecule has 0 aliphatic carbocycles. The lowest BCUT2D eigenvalue weighted by Crippen LogP contribution is -2.06. The van der Waals surface area contributed by atoms with Crippen molar-refractivity contribution < 1.29 is 9.90 Å². The number of hydrogen-bond acceptors (Lipinski definition) is 3. The van der Waals surface area contributed by atoms with Crippen molar-refractivity contribution in [3.8, 4) is 5.75 Å². The van der Waals surface area contributed by atoms with E-state index in [1.54, 1.807) is 30.6 Å². The van der Waals surface area contributed by atoms with Crippen LogP contribution in [0.25, 0.3) is 0 Å². The number of halogens is 1. The first-order chi connectivity index (χ1) is 8.18. The Kier molecular flexibility index (Phi) is 3.54. The molecule has 2 aromatic rings. The van der Waals surface area contributed by atoms with Gasteiger partial charge in [0.05, 0.1) is 0 Å². The lowest BCUT2D eigenvalue weighted by molar-refractivity contribution is 0.0991. The summed E-state index contributed by atoms with van der Waals surface area (Å²) in [6, 6.07) is 9.81. The third-order valence-electron chi connectivity index (χ3n) is 2.36. The van der Waals surface area contributed by atoms with Crippen LogP contribution >= 0.6 is 15.9 Å². The molecule has 0 aliphatic rings. The number of Topliss-reactive ketones (excluding diaryl/α,β-unsaturated/α-hetero) is 1. The molecule has 3 nitrogen and oxygen atoms in total. The number of nitrogens with zero attached hydrogens (tertiary/aromatic N) is 1. The van der Waals surface area contributed by atoms with Crippen LogP contribution in [-0.4, -0.2) is 15.9 Å². The van der Waals surface area contributed by atoms with E-state index in [0.717, 1.165) is 5.56 Å². The maximum Gasteiger partial charge on any atom is 0.180 e. The van der Waals surface area contributed by atoms with Crippen molar-refractivity contribution in [2.45, 2.75) is 4.83 Å². The summed E-state index contributed by atoms with van der Waals surface area (Å²) < 4.78 is 0. The van der Waals surface area contributed by atoms with Gasteiger partial charge >= 0.3 is 0 Å². The van der Waals surface area contributed by atoms with Crippen molar-refractivity contribution in [2.24, 2.45) is 0 Å². The first-order valence-electron chi connectivity index (χ1n) is 5.06. The highest BCUT2D eigenvalue weighted by atomic mass is 79.9. The number of aromatic hydroxyl groups is 1. The number of phenols is 1. The van der Waals surface area contributed by atoms with Gasteiger partial charge in [-0.3, -0.25) is 9.78 Å². The van der Waals surface area contributed by atoms with Gasteiger partial charge in [-0.2, -0.15) is 0 Å². The van der Waals surface area contributed by atoms with Gasteiger partial charge in [0.1, 0.15) is 10.6 Å². The van der Waals surface area contributed by atoms with Crippen molar-refractivity contribution in [2.75, 3.05) is 0 Å². The molecular weight excluding hydrogens is 282 g/mol. The van der Waals surface area contributed by atoms with Crippen LogP contribution in [0.4, 0.5) is 0 Å².